The topological polar surface area (TPSA) is 64.3 Å². The number of rotatable bonds is 4. The van der Waals surface area contributed by atoms with E-state index in [0.717, 1.165) is 9.99 Å². The Morgan fingerprint density at radius 2 is 2.29 bits per heavy atom. The number of nitriles is 1. The lowest BCUT2D eigenvalue weighted by atomic mass is 10.1. The van der Waals surface area contributed by atoms with Crippen LogP contribution in [0.2, 0.25) is 0 Å². The monoisotopic (exact) mass is 344 g/mol. The third-order valence-corrected chi connectivity index (χ3v) is 2.90. The normalized spacial score (nSPS) is 9.71. The van der Waals surface area contributed by atoms with Gasteiger partial charge >= 0.3 is 0 Å². The van der Waals surface area contributed by atoms with E-state index in [1.54, 1.807) is 12.1 Å². The highest BCUT2D eigenvalue weighted by Gasteiger charge is 2.18. The summed E-state index contributed by atoms with van der Waals surface area (Å²) < 4.78 is 0.872. The van der Waals surface area contributed by atoms with E-state index in [1.165, 1.54) is 11.0 Å². The molecule has 0 aromatic heterocycles. The molecule has 1 N–H and O–H groups in total. The highest BCUT2D eigenvalue weighted by molar-refractivity contribution is 14.1. The number of benzene rings is 1. The van der Waals surface area contributed by atoms with Crippen molar-refractivity contribution in [1.29, 1.82) is 5.26 Å². The minimum absolute atomic E-state index is 0.0393. The Morgan fingerprint density at radius 3 is 2.88 bits per heavy atom. The molecule has 4 nitrogen and oxygen atoms in total. The van der Waals surface area contributed by atoms with Crippen LogP contribution in [0.5, 0.6) is 5.75 Å². The van der Waals surface area contributed by atoms with Crippen LogP contribution in [0.15, 0.2) is 18.2 Å². The van der Waals surface area contributed by atoms with Gasteiger partial charge in [0.2, 0.25) is 0 Å². The lowest BCUT2D eigenvalue weighted by Gasteiger charge is -2.19. The molecule has 0 bridgehead atoms. The average Bonchev–Trinajstić information content (AvgIpc) is 2.31. The van der Waals surface area contributed by atoms with Crippen LogP contribution in [-0.4, -0.2) is 29.0 Å². The molecule has 90 valence electrons. The summed E-state index contributed by atoms with van der Waals surface area (Å²) in [6.07, 6.45) is 0.776. The molecule has 0 saturated heterocycles. The summed E-state index contributed by atoms with van der Waals surface area (Å²) in [5, 5.41) is 18.3. The molecular formula is C12H13IN2O2. The van der Waals surface area contributed by atoms with E-state index in [2.05, 4.69) is 22.6 Å². The van der Waals surface area contributed by atoms with Gasteiger partial charge in [0, 0.05) is 10.1 Å². The van der Waals surface area contributed by atoms with Gasteiger partial charge in [0.15, 0.2) is 0 Å². The summed E-state index contributed by atoms with van der Waals surface area (Å²) in [4.78, 5) is 13.5. The minimum Gasteiger partial charge on any atom is -0.507 e. The maximum atomic E-state index is 12.1. The van der Waals surface area contributed by atoms with Crippen molar-refractivity contribution < 1.29 is 9.90 Å². The lowest BCUT2D eigenvalue weighted by molar-refractivity contribution is 0.0773. The fourth-order valence-corrected chi connectivity index (χ4v) is 1.95. The quantitative estimate of drug-likeness (QED) is 0.674. The molecule has 0 unspecified atom stereocenters. The first-order valence-corrected chi connectivity index (χ1v) is 6.32. The highest BCUT2D eigenvalue weighted by Crippen LogP contribution is 2.21. The third kappa shape index (κ3) is 3.60. The standard InChI is InChI=1S/C12H13IN2O2/c1-2-6-15(7-5-14)12(17)10-8-9(13)3-4-11(10)16/h3-4,8,16H,2,6-7H2,1H3. The van der Waals surface area contributed by atoms with Crippen LogP contribution < -0.4 is 0 Å². The summed E-state index contributed by atoms with van der Waals surface area (Å²) >= 11 is 2.07. The lowest BCUT2D eigenvalue weighted by Crippen LogP contribution is -2.32. The molecule has 0 fully saturated rings. The number of carbonyl (C=O) groups is 1. The van der Waals surface area contributed by atoms with Crippen LogP contribution in [0, 0.1) is 14.9 Å². The summed E-state index contributed by atoms with van der Waals surface area (Å²) in [5.74, 6) is -0.348. The van der Waals surface area contributed by atoms with Crippen LogP contribution in [0.4, 0.5) is 0 Å². The molecule has 0 aliphatic rings. The maximum Gasteiger partial charge on any atom is 0.258 e. The third-order valence-electron chi connectivity index (χ3n) is 2.23. The fourth-order valence-electron chi connectivity index (χ4n) is 1.46. The fraction of sp³-hybridized carbons (Fsp3) is 0.333. The number of hydrogen-bond acceptors (Lipinski definition) is 3. The number of amides is 1. The molecular weight excluding hydrogens is 331 g/mol. The first-order chi connectivity index (χ1) is 8.10. The second kappa shape index (κ2) is 6.45. The molecule has 5 heteroatoms. The van der Waals surface area contributed by atoms with Gasteiger partial charge in [-0.05, 0) is 47.2 Å². The maximum absolute atomic E-state index is 12.1. The summed E-state index contributed by atoms with van der Waals surface area (Å²) in [6.45, 7) is 2.49. The number of nitrogens with zero attached hydrogens (tertiary/aromatic N) is 2. The van der Waals surface area contributed by atoms with Gasteiger partial charge < -0.3 is 10.0 Å². The molecule has 1 rings (SSSR count). The van der Waals surface area contributed by atoms with Crippen molar-refractivity contribution in [3.05, 3.63) is 27.3 Å². The van der Waals surface area contributed by atoms with Gasteiger partial charge in [-0.2, -0.15) is 5.26 Å². The van der Waals surface area contributed by atoms with Crippen molar-refractivity contribution in [3.63, 3.8) is 0 Å². The first-order valence-electron chi connectivity index (χ1n) is 5.25. The summed E-state index contributed by atoms with van der Waals surface area (Å²) in [7, 11) is 0. The van der Waals surface area contributed by atoms with Gasteiger partial charge in [-0.1, -0.05) is 6.92 Å². The SMILES string of the molecule is CCCN(CC#N)C(=O)c1cc(I)ccc1O. The van der Waals surface area contributed by atoms with Crippen molar-refractivity contribution in [1.82, 2.24) is 4.90 Å². The number of halogens is 1. The Balaban J connectivity index is 3.00. The van der Waals surface area contributed by atoms with Gasteiger partial charge in [-0.25, -0.2) is 0 Å². The van der Waals surface area contributed by atoms with Gasteiger partial charge in [0.25, 0.3) is 5.91 Å². The van der Waals surface area contributed by atoms with Crippen LogP contribution >= 0.6 is 22.6 Å². The Labute approximate surface area is 114 Å². The first kappa shape index (κ1) is 13.8. The van der Waals surface area contributed by atoms with Crippen molar-refractivity contribution in [2.75, 3.05) is 13.1 Å². The van der Waals surface area contributed by atoms with Gasteiger partial charge in [-0.15, -0.1) is 0 Å². The number of carbonyl (C=O) groups excluding carboxylic acids is 1. The van der Waals surface area contributed by atoms with Crippen molar-refractivity contribution in [2.45, 2.75) is 13.3 Å². The zero-order valence-corrected chi connectivity index (χ0v) is 11.6. The molecule has 17 heavy (non-hydrogen) atoms. The van der Waals surface area contributed by atoms with E-state index < -0.39 is 0 Å². The van der Waals surface area contributed by atoms with Crippen molar-refractivity contribution in [2.24, 2.45) is 0 Å². The molecule has 1 aromatic rings. The second-order valence-electron chi connectivity index (χ2n) is 3.55. The van der Waals surface area contributed by atoms with E-state index >= 15 is 0 Å². The number of phenolic OH excluding ortho intramolecular Hbond substituents is 1. The predicted molar refractivity (Wildman–Crippen MR) is 72.6 cm³/mol. The van der Waals surface area contributed by atoms with Crippen molar-refractivity contribution in [3.8, 4) is 11.8 Å². The average molecular weight is 344 g/mol. The Bertz CT molecular complexity index is 454. The minimum atomic E-state index is -0.301. The van der Waals surface area contributed by atoms with E-state index in [1.807, 2.05) is 13.0 Å². The predicted octanol–water partition coefficient (Wildman–Crippen LogP) is 2.37. The largest absolute Gasteiger partial charge is 0.507 e. The molecule has 1 amide bonds. The Kier molecular flexibility index (Phi) is 5.22. The molecule has 0 atom stereocenters. The van der Waals surface area contributed by atoms with E-state index in [-0.39, 0.29) is 23.8 Å². The molecule has 0 spiro atoms. The molecule has 1 aromatic carbocycles. The van der Waals surface area contributed by atoms with E-state index in [9.17, 15) is 9.90 Å². The van der Waals surface area contributed by atoms with Crippen molar-refractivity contribution >= 4 is 28.5 Å². The number of aromatic hydroxyl groups is 1. The zero-order valence-electron chi connectivity index (χ0n) is 9.48. The molecule has 0 saturated carbocycles. The zero-order chi connectivity index (χ0) is 12.8. The Morgan fingerprint density at radius 1 is 1.59 bits per heavy atom. The van der Waals surface area contributed by atoms with Crippen LogP contribution in [0.25, 0.3) is 0 Å². The van der Waals surface area contributed by atoms with Gasteiger partial charge in [-0.3, -0.25) is 4.79 Å². The van der Waals surface area contributed by atoms with Gasteiger partial charge in [0.1, 0.15) is 12.3 Å². The molecule has 0 heterocycles. The van der Waals surface area contributed by atoms with E-state index in [0.29, 0.717) is 6.54 Å². The highest BCUT2D eigenvalue weighted by atomic mass is 127. The second-order valence-corrected chi connectivity index (χ2v) is 4.79. The number of phenols is 1. The van der Waals surface area contributed by atoms with Crippen LogP contribution in [0.3, 0.4) is 0 Å². The molecule has 0 radical (unpaired) electrons. The smallest absolute Gasteiger partial charge is 0.258 e. The van der Waals surface area contributed by atoms with E-state index in [4.69, 9.17) is 5.26 Å². The Hall–Kier alpha value is -1.29. The van der Waals surface area contributed by atoms with Crippen LogP contribution in [0.1, 0.15) is 23.7 Å². The molecule has 0 aliphatic heterocycles. The number of hydrogen-bond donors (Lipinski definition) is 1. The molecule has 0 aliphatic carbocycles. The van der Waals surface area contributed by atoms with Crippen LogP contribution in [-0.2, 0) is 0 Å². The summed E-state index contributed by atoms with van der Waals surface area (Å²) in [5.41, 5.74) is 0.251. The van der Waals surface area contributed by atoms with Gasteiger partial charge in [0.05, 0.1) is 11.6 Å². The summed E-state index contributed by atoms with van der Waals surface area (Å²) in [6, 6.07) is 6.80.